The van der Waals surface area contributed by atoms with Crippen molar-refractivity contribution in [2.45, 2.75) is 175 Å². The summed E-state index contributed by atoms with van der Waals surface area (Å²) in [6.45, 7) is 14.7. The average molecular weight is 424 g/mol. The van der Waals surface area contributed by atoms with Crippen molar-refractivity contribution in [3.05, 3.63) is 0 Å². The first kappa shape index (κ1) is 30.0. The molecule has 0 aliphatic heterocycles. The monoisotopic (exact) mass is 423 g/mol. The first-order valence-corrected chi connectivity index (χ1v) is 14.3. The summed E-state index contributed by atoms with van der Waals surface area (Å²) in [6.07, 6.45) is 29.8. The number of hydrogen-bond acceptors (Lipinski definition) is 1. The molecule has 0 radical (unpaired) electrons. The SMILES string of the molecule is CCCCCCCCCCC(C)(C)N(CCCCCCCC)CCCCCCCC. The van der Waals surface area contributed by atoms with E-state index in [9.17, 15) is 0 Å². The Morgan fingerprint density at radius 1 is 0.400 bits per heavy atom. The highest BCUT2D eigenvalue weighted by atomic mass is 15.2. The van der Waals surface area contributed by atoms with Gasteiger partial charge in [0.25, 0.3) is 0 Å². The Hall–Kier alpha value is -0.0400. The fourth-order valence-electron chi connectivity index (χ4n) is 4.73. The largest absolute Gasteiger partial charge is 0.298 e. The number of hydrogen-bond donors (Lipinski definition) is 0. The topological polar surface area (TPSA) is 3.24 Å². The van der Waals surface area contributed by atoms with Crippen molar-refractivity contribution >= 4 is 0 Å². The molecule has 182 valence electrons. The van der Waals surface area contributed by atoms with Crippen molar-refractivity contribution in [3.8, 4) is 0 Å². The van der Waals surface area contributed by atoms with Crippen LogP contribution >= 0.6 is 0 Å². The zero-order valence-corrected chi connectivity index (χ0v) is 22.2. The molecule has 0 spiro atoms. The fourth-order valence-corrected chi connectivity index (χ4v) is 4.73. The van der Waals surface area contributed by atoms with Gasteiger partial charge < -0.3 is 0 Å². The molecule has 0 aliphatic rings. The zero-order chi connectivity index (χ0) is 22.3. The van der Waals surface area contributed by atoms with Gasteiger partial charge in [0.05, 0.1) is 0 Å². The normalized spacial score (nSPS) is 12.2. The lowest BCUT2D eigenvalue weighted by Crippen LogP contribution is -2.45. The van der Waals surface area contributed by atoms with Gasteiger partial charge >= 0.3 is 0 Å². The molecule has 0 aliphatic carbocycles. The summed E-state index contributed by atoms with van der Waals surface area (Å²) in [6, 6.07) is 0. The molecule has 1 nitrogen and oxygen atoms in total. The molecule has 0 fully saturated rings. The van der Waals surface area contributed by atoms with E-state index in [4.69, 9.17) is 0 Å². The third-order valence-corrected chi connectivity index (χ3v) is 7.06. The minimum Gasteiger partial charge on any atom is -0.298 e. The van der Waals surface area contributed by atoms with Crippen LogP contribution in [0.4, 0.5) is 0 Å². The quantitative estimate of drug-likeness (QED) is 0.139. The summed E-state index contributed by atoms with van der Waals surface area (Å²) in [5.74, 6) is 0. The van der Waals surface area contributed by atoms with Crippen LogP contribution < -0.4 is 0 Å². The van der Waals surface area contributed by atoms with Gasteiger partial charge in [-0.2, -0.15) is 0 Å². The van der Waals surface area contributed by atoms with E-state index < -0.39 is 0 Å². The van der Waals surface area contributed by atoms with Gasteiger partial charge in [-0.3, -0.25) is 4.90 Å². The van der Waals surface area contributed by atoms with Crippen molar-refractivity contribution in [3.63, 3.8) is 0 Å². The molecule has 30 heavy (non-hydrogen) atoms. The van der Waals surface area contributed by atoms with E-state index in [1.807, 2.05) is 0 Å². The third-order valence-electron chi connectivity index (χ3n) is 7.06. The number of nitrogens with zero attached hydrogens (tertiary/aromatic N) is 1. The van der Waals surface area contributed by atoms with Crippen LogP contribution in [0, 0.1) is 0 Å². The standard InChI is InChI=1S/C29H61N/c1-6-9-12-15-18-19-20-23-26-29(4,5)30(27-24-21-16-13-10-7-2)28-25-22-17-14-11-8-3/h6-28H2,1-5H3. The Kier molecular flexibility index (Phi) is 22.1. The minimum atomic E-state index is 0.384. The van der Waals surface area contributed by atoms with Crippen LogP contribution in [-0.4, -0.2) is 23.5 Å². The van der Waals surface area contributed by atoms with E-state index in [1.54, 1.807) is 0 Å². The van der Waals surface area contributed by atoms with Gasteiger partial charge in [0.15, 0.2) is 0 Å². The van der Waals surface area contributed by atoms with Crippen molar-refractivity contribution in [2.75, 3.05) is 13.1 Å². The van der Waals surface area contributed by atoms with Gasteiger partial charge in [0.1, 0.15) is 0 Å². The Morgan fingerprint density at radius 2 is 0.700 bits per heavy atom. The summed E-state index contributed by atoms with van der Waals surface area (Å²) >= 11 is 0. The van der Waals surface area contributed by atoms with Crippen LogP contribution in [-0.2, 0) is 0 Å². The van der Waals surface area contributed by atoms with Gasteiger partial charge in [-0.15, -0.1) is 0 Å². The van der Waals surface area contributed by atoms with Crippen LogP contribution in [0.3, 0.4) is 0 Å². The zero-order valence-electron chi connectivity index (χ0n) is 22.2. The Balaban J connectivity index is 4.21. The highest BCUT2D eigenvalue weighted by molar-refractivity contribution is 4.81. The Morgan fingerprint density at radius 3 is 1.07 bits per heavy atom. The summed E-state index contributed by atoms with van der Waals surface area (Å²) in [7, 11) is 0. The predicted molar refractivity (Wildman–Crippen MR) is 140 cm³/mol. The van der Waals surface area contributed by atoms with Gasteiger partial charge in [0.2, 0.25) is 0 Å². The number of rotatable bonds is 24. The van der Waals surface area contributed by atoms with Crippen LogP contribution in [0.15, 0.2) is 0 Å². The van der Waals surface area contributed by atoms with Crippen LogP contribution in [0.5, 0.6) is 0 Å². The third kappa shape index (κ3) is 18.7. The predicted octanol–water partition coefficient (Wildman–Crippen LogP) is 10.3. The molecule has 0 saturated carbocycles. The molecule has 0 atom stereocenters. The second-order valence-corrected chi connectivity index (χ2v) is 10.6. The molecule has 0 aromatic heterocycles. The highest BCUT2D eigenvalue weighted by Crippen LogP contribution is 2.24. The van der Waals surface area contributed by atoms with Crippen molar-refractivity contribution in [2.24, 2.45) is 0 Å². The first-order chi connectivity index (χ1) is 14.6. The van der Waals surface area contributed by atoms with E-state index in [1.165, 1.54) is 148 Å². The maximum atomic E-state index is 2.87. The second-order valence-electron chi connectivity index (χ2n) is 10.6. The summed E-state index contributed by atoms with van der Waals surface area (Å²) < 4.78 is 0. The van der Waals surface area contributed by atoms with E-state index >= 15 is 0 Å². The van der Waals surface area contributed by atoms with Crippen molar-refractivity contribution < 1.29 is 0 Å². The van der Waals surface area contributed by atoms with Gasteiger partial charge in [0, 0.05) is 5.54 Å². The Bertz CT molecular complexity index is 306. The van der Waals surface area contributed by atoms with Gasteiger partial charge in [-0.1, -0.05) is 136 Å². The van der Waals surface area contributed by atoms with Crippen LogP contribution in [0.2, 0.25) is 0 Å². The summed E-state index contributed by atoms with van der Waals surface area (Å²) in [4.78, 5) is 2.87. The summed E-state index contributed by atoms with van der Waals surface area (Å²) in [5, 5.41) is 0. The molecule has 0 bridgehead atoms. The smallest absolute Gasteiger partial charge is 0.0153 e. The molecule has 0 unspecified atom stereocenters. The molecule has 0 amide bonds. The maximum Gasteiger partial charge on any atom is 0.0153 e. The molecule has 0 N–H and O–H groups in total. The Labute approximate surface area is 193 Å². The highest BCUT2D eigenvalue weighted by Gasteiger charge is 2.25. The van der Waals surface area contributed by atoms with Crippen molar-refractivity contribution in [1.82, 2.24) is 4.90 Å². The molecule has 0 rings (SSSR count). The first-order valence-electron chi connectivity index (χ1n) is 14.3. The summed E-state index contributed by atoms with van der Waals surface area (Å²) in [5.41, 5.74) is 0.384. The van der Waals surface area contributed by atoms with Crippen LogP contribution in [0.25, 0.3) is 0 Å². The van der Waals surface area contributed by atoms with Gasteiger partial charge in [-0.05, 0) is 46.2 Å². The minimum absolute atomic E-state index is 0.384. The van der Waals surface area contributed by atoms with Crippen LogP contribution in [0.1, 0.15) is 169 Å². The molecule has 0 saturated heterocycles. The average Bonchev–Trinajstić information content (AvgIpc) is 2.73. The molecule has 0 heterocycles. The molecular formula is C29H61N. The van der Waals surface area contributed by atoms with E-state index in [2.05, 4.69) is 39.5 Å². The maximum absolute atomic E-state index is 2.87. The van der Waals surface area contributed by atoms with E-state index in [0.717, 1.165) is 0 Å². The lowest BCUT2D eigenvalue weighted by Gasteiger charge is -2.39. The van der Waals surface area contributed by atoms with E-state index in [0.29, 0.717) is 5.54 Å². The molecule has 1 heteroatoms. The van der Waals surface area contributed by atoms with Crippen molar-refractivity contribution in [1.29, 1.82) is 0 Å². The molecule has 0 aromatic carbocycles. The van der Waals surface area contributed by atoms with Gasteiger partial charge in [-0.25, -0.2) is 0 Å². The lowest BCUT2D eigenvalue weighted by atomic mass is 9.93. The number of unbranched alkanes of at least 4 members (excludes halogenated alkanes) is 17. The fraction of sp³-hybridized carbons (Fsp3) is 1.00. The second kappa shape index (κ2) is 22.2. The molecule has 0 aromatic rings. The lowest BCUT2D eigenvalue weighted by molar-refractivity contribution is 0.102. The van der Waals surface area contributed by atoms with E-state index in [-0.39, 0.29) is 0 Å². The molecular weight excluding hydrogens is 362 g/mol.